The molecule has 1 rings (SSSR count). The van der Waals surface area contributed by atoms with Gasteiger partial charge in [-0.15, -0.1) is 11.3 Å². The van der Waals surface area contributed by atoms with Crippen molar-refractivity contribution in [1.82, 2.24) is 0 Å². The van der Waals surface area contributed by atoms with Crippen LogP contribution in [0.25, 0.3) is 5.57 Å². The van der Waals surface area contributed by atoms with Gasteiger partial charge in [0.2, 0.25) is 6.19 Å². The normalized spacial score (nSPS) is 12.6. The van der Waals surface area contributed by atoms with Crippen LogP contribution in [0.3, 0.4) is 0 Å². The first-order chi connectivity index (χ1) is 6.24. The highest BCUT2D eigenvalue weighted by Gasteiger charge is 1.96. The molecular weight excluding hydrogens is 182 g/mol. The Bertz CT molecular complexity index is 368. The molecule has 0 aliphatic heterocycles. The van der Waals surface area contributed by atoms with Gasteiger partial charge in [0.05, 0.1) is 0 Å². The Morgan fingerprint density at radius 1 is 1.77 bits per heavy atom. The predicted octanol–water partition coefficient (Wildman–Crippen LogP) is 1.99. The van der Waals surface area contributed by atoms with E-state index in [0.717, 1.165) is 10.5 Å². The van der Waals surface area contributed by atoms with Crippen molar-refractivity contribution < 1.29 is 0 Å². The van der Waals surface area contributed by atoms with Crippen LogP contribution in [0.2, 0.25) is 0 Å². The molecule has 0 unspecified atom stereocenters. The number of nitrogens with zero attached hydrogens (tertiary/aromatic N) is 2. The van der Waals surface area contributed by atoms with E-state index in [9.17, 15) is 0 Å². The molecule has 66 valence electrons. The molecule has 0 spiro atoms. The molecule has 1 aromatic heterocycles. The van der Waals surface area contributed by atoms with Crippen molar-refractivity contribution in [3.8, 4) is 6.19 Å². The first kappa shape index (κ1) is 9.49. The molecule has 4 heteroatoms. The van der Waals surface area contributed by atoms with E-state index in [1.807, 2.05) is 24.4 Å². The second-order valence-electron chi connectivity index (χ2n) is 2.44. The van der Waals surface area contributed by atoms with Crippen molar-refractivity contribution in [2.75, 3.05) is 0 Å². The molecule has 0 aromatic carbocycles. The molecule has 0 amide bonds. The Balaban J connectivity index is 2.86. The summed E-state index contributed by atoms with van der Waals surface area (Å²) in [5.41, 5.74) is 6.47. The van der Waals surface area contributed by atoms with Gasteiger partial charge in [-0.25, -0.2) is 0 Å². The monoisotopic (exact) mass is 191 g/mol. The lowest BCUT2D eigenvalue weighted by Crippen LogP contribution is -2.07. The predicted molar refractivity (Wildman–Crippen MR) is 55.2 cm³/mol. The van der Waals surface area contributed by atoms with Gasteiger partial charge in [0.25, 0.3) is 0 Å². The van der Waals surface area contributed by atoms with Gasteiger partial charge in [0.1, 0.15) is 5.84 Å². The van der Waals surface area contributed by atoms with Gasteiger partial charge in [-0.2, -0.15) is 10.3 Å². The van der Waals surface area contributed by atoms with Crippen LogP contribution in [0.4, 0.5) is 0 Å². The minimum absolute atomic E-state index is 0.244. The van der Waals surface area contributed by atoms with E-state index in [4.69, 9.17) is 11.0 Å². The minimum atomic E-state index is 0.244. The highest BCUT2D eigenvalue weighted by atomic mass is 32.1. The highest BCUT2D eigenvalue weighted by molar-refractivity contribution is 7.11. The van der Waals surface area contributed by atoms with Crippen LogP contribution in [0.5, 0.6) is 0 Å². The number of nitrogens with two attached hydrogens (primary N) is 1. The number of allylic oxidation sites excluding steroid dienone is 1. The molecule has 0 fully saturated rings. The average Bonchev–Trinajstić information content (AvgIpc) is 2.55. The van der Waals surface area contributed by atoms with Gasteiger partial charge >= 0.3 is 0 Å². The third kappa shape index (κ3) is 2.73. The highest BCUT2D eigenvalue weighted by Crippen LogP contribution is 2.18. The fourth-order valence-corrected chi connectivity index (χ4v) is 1.59. The summed E-state index contributed by atoms with van der Waals surface area (Å²) in [5, 5.41) is 10.2. The molecule has 1 aromatic rings. The molecule has 1 heterocycles. The molecule has 0 saturated heterocycles. The lowest BCUT2D eigenvalue weighted by Gasteiger charge is -1.94. The topological polar surface area (TPSA) is 62.2 Å². The van der Waals surface area contributed by atoms with E-state index >= 15 is 0 Å². The Labute approximate surface area is 80.8 Å². The summed E-state index contributed by atoms with van der Waals surface area (Å²) in [5.74, 6) is 0.244. The summed E-state index contributed by atoms with van der Waals surface area (Å²) >= 11 is 1.63. The number of rotatable bonds is 2. The molecule has 0 aliphatic rings. The van der Waals surface area contributed by atoms with Gasteiger partial charge in [-0.05, 0) is 30.0 Å². The standard InChI is InChI=1S/C9H9N3S/c1-7(5-9(11)12-6-10)8-3-2-4-13-8/h2-5H,1H3,(H2,11,12). The fourth-order valence-electron chi connectivity index (χ4n) is 0.886. The van der Waals surface area contributed by atoms with E-state index < -0.39 is 0 Å². The summed E-state index contributed by atoms with van der Waals surface area (Å²) in [6.45, 7) is 1.94. The largest absolute Gasteiger partial charge is 0.383 e. The zero-order valence-corrected chi connectivity index (χ0v) is 8.01. The van der Waals surface area contributed by atoms with Gasteiger partial charge < -0.3 is 5.73 Å². The van der Waals surface area contributed by atoms with Gasteiger partial charge in [0, 0.05) is 4.88 Å². The van der Waals surface area contributed by atoms with Gasteiger partial charge in [-0.1, -0.05) is 6.07 Å². The van der Waals surface area contributed by atoms with E-state index in [-0.39, 0.29) is 5.84 Å². The summed E-state index contributed by atoms with van der Waals surface area (Å²) in [6, 6.07) is 3.96. The van der Waals surface area contributed by atoms with Crippen molar-refractivity contribution in [2.24, 2.45) is 10.7 Å². The van der Waals surface area contributed by atoms with Crippen molar-refractivity contribution in [1.29, 1.82) is 5.26 Å². The number of nitriles is 1. The number of hydrogen-bond donors (Lipinski definition) is 1. The zero-order valence-electron chi connectivity index (χ0n) is 7.19. The Morgan fingerprint density at radius 3 is 3.08 bits per heavy atom. The quantitative estimate of drug-likeness (QED) is 0.441. The maximum atomic E-state index is 8.24. The molecular formula is C9H9N3S. The fraction of sp³-hybridized carbons (Fsp3) is 0.111. The minimum Gasteiger partial charge on any atom is -0.383 e. The number of amidine groups is 1. The molecule has 13 heavy (non-hydrogen) atoms. The first-order valence-electron chi connectivity index (χ1n) is 3.68. The Kier molecular flexibility index (Phi) is 3.23. The van der Waals surface area contributed by atoms with Crippen LogP contribution in [0.15, 0.2) is 28.6 Å². The van der Waals surface area contributed by atoms with Crippen LogP contribution < -0.4 is 5.73 Å². The molecule has 2 N–H and O–H groups in total. The third-order valence-corrected chi connectivity index (χ3v) is 2.46. The summed E-state index contributed by atoms with van der Waals surface area (Å²) in [6.07, 6.45) is 3.33. The van der Waals surface area contributed by atoms with Crippen molar-refractivity contribution in [3.05, 3.63) is 28.5 Å². The van der Waals surface area contributed by atoms with E-state index in [2.05, 4.69) is 4.99 Å². The molecule has 0 atom stereocenters. The maximum absolute atomic E-state index is 8.24. The smallest absolute Gasteiger partial charge is 0.207 e. The van der Waals surface area contributed by atoms with Gasteiger partial charge in [-0.3, -0.25) is 0 Å². The third-order valence-electron chi connectivity index (χ3n) is 1.45. The number of thiophene rings is 1. The maximum Gasteiger partial charge on any atom is 0.207 e. The average molecular weight is 191 g/mol. The van der Waals surface area contributed by atoms with Crippen molar-refractivity contribution in [3.63, 3.8) is 0 Å². The molecule has 3 nitrogen and oxygen atoms in total. The molecule has 0 aliphatic carbocycles. The number of aliphatic imine (C=N–C) groups is 1. The lowest BCUT2D eigenvalue weighted by molar-refractivity contribution is 1.42. The van der Waals surface area contributed by atoms with Gasteiger partial charge in [0.15, 0.2) is 0 Å². The SMILES string of the molecule is CC(=CC(N)=NC#N)c1cccs1. The van der Waals surface area contributed by atoms with E-state index in [1.165, 1.54) is 0 Å². The van der Waals surface area contributed by atoms with Crippen LogP contribution in [0.1, 0.15) is 11.8 Å². The molecule has 0 bridgehead atoms. The first-order valence-corrected chi connectivity index (χ1v) is 4.56. The van der Waals surface area contributed by atoms with E-state index in [0.29, 0.717) is 0 Å². The summed E-state index contributed by atoms with van der Waals surface area (Å²) in [7, 11) is 0. The summed E-state index contributed by atoms with van der Waals surface area (Å²) < 4.78 is 0. The second kappa shape index (κ2) is 4.43. The lowest BCUT2D eigenvalue weighted by atomic mass is 10.2. The Morgan fingerprint density at radius 2 is 2.54 bits per heavy atom. The van der Waals surface area contributed by atoms with Crippen molar-refractivity contribution >= 4 is 22.7 Å². The number of hydrogen-bond acceptors (Lipinski definition) is 3. The van der Waals surface area contributed by atoms with Crippen LogP contribution in [-0.2, 0) is 0 Å². The van der Waals surface area contributed by atoms with Crippen molar-refractivity contribution in [2.45, 2.75) is 6.92 Å². The zero-order chi connectivity index (χ0) is 9.68. The molecule has 0 saturated carbocycles. The van der Waals surface area contributed by atoms with Crippen LogP contribution in [0, 0.1) is 11.5 Å². The summed E-state index contributed by atoms with van der Waals surface area (Å²) in [4.78, 5) is 4.54. The van der Waals surface area contributed by atoms with Crippen LogP contribution in [-0.4, -0.2) is 5.84 Å². The van der Waals surface area contributed by atoms with Crippen LogP contribution >= 0.6 is 11.3 Å². The Hall–Kier alpha value is -1.60. The van der Waals surface area contributed by atoms with E-state index in [1.54, 1.807) is 23.6 Å². The molecule has 0 radical (unpaired) electrons. The second-order valence-corrected chi connectivity index (χ2v) is 3.39.